The van der Waals surface area contributed by atoms with Gasteiger partial charge in [0.25, 0.3) is 0 Å². The Hall–Kier alpha value is -1.61. The highest BCUT2D eigenvalue weighted by Gasteiger charge is 2.09. The van der Waals surface area contributed by atoms with Crippen molar-refractivity contribution in [3.8, 4) is 0 Å². The molecule has 1 aromatic heterocycles. The van der Waals surface area contributed by atoms with E-state index in [1.54, 1.807) is 0 Å². The highest BCUT2D eigenvalue weighted by molar-refractivity contribution is 5.23. The van der Waals surface area contributed by atoms with E-state index in [4.69, 9.17) is 5.73 Å². The average molecular weight is 257 g/mol. The SMILES string of the molecule is Cc1nn(CCCCc2ccccc2)c(C)c1CN. The molecule has 0 spiro atoms. The van der Waals surface area contributed by atoms with Gasteiger partial charge >= 0.3 is 0 Å². The molecule has 2 N–H and O–H groups in total. The number of nitrogens with two attached hydrogens (primary N) is 1. The molecule has 19 heavy (non-hydrogen) atoms. The van der Waals surface area contributed by atoms with Gasteiger partial charge in [-0.05, 0) is 38.7 Å². The molecule has 0 bridgehead atoms. The lowest BCUT2D eigenvalue weighted by atomic mass is 10.1. The summed E-state index contributed by atoms with van der Waals surface area (Å²) in [5, 5.41) is 4.56. The molecule has 0 aliphatic carbocycles. The van der Waals surface area contributed by atoms with Crippen molar-refractivity contribution in [3.05, 3.63) is 52.8 Å². The Morgan fingerprint density at radius 1 is 1.11 bits per heavy atom. The van der Waals surface area contributed by atoms with E-state index in [0.29, 0.717) is 6.54 Å². The van der Waals surface area contributed by atoms with Gasteiger partial charge in [0.1, 0.15) is 0 Å². The van der Waals surface area contributed by atoms with Crippen LogP contribution in [-0.2, 0) is 19.5 Å². The third kappa shape index (κ3) is 3.44. The number of unbranched alkanes of at least 4 members (excludes halogenated alkanes) is 1. The summed E-state index contributed by atoms with van der Waals surface area (Å²) in [6, 6.07) is 10.6. The topological polar surface area (TPSA) is 43.8 Å². The van der Waals surface area contributed by atoms with Gasteiger partial charge in [-0.3, -0.25) is 4.68 Å². The highest BCUT2D eigenvalue weighted by atomic mass is 15.3. The van der Waals surface area contributed by atoms with Crippen molar-refractivity contribution < 1.29 is 0 Å². The molecule has 2 aromatic rings. The van der Waals surface area contributed by atoms with Gasteiger partial charge in [-0.1, -0.05) is 30.3 Å². The second-order valence-electron chi connectivity index (χ2n) is 5.02. The minimum atomic E-state index is 0.585. The van der Waals surface area contributed by atoms with Crippen LogP contribution in [-0.4, -0.2) is 9.78 Å². The molecular formula is C16H23N3. The Morgan fingerprint density at radius 2 is 1.84 bits per heavy atom. The molecule has 0 radical (unpaired) electrons. The standard InChI is InChI=1S/C16H23N3/c1-13-16(12-17)14(2)19(18-13)11-7-6-10-15-8-4-3-5-9-15/h3-5,8-9H,6-7,10-12,17H2,1-2H3. The smallest absolute Gasteiger partial charge is 0.0641 e. The average Bonchev–Trinajstić information content (AvgIpc) is 2.70. The number of nitrogens with zero attached hydrogens (tertiary/aromatic N) is 2. The van der Waals surface area contributed by atoms with Gasteiger partial charge in [-0.15, -0.1) is 0 Å². The maximum Gasteiger partial charge on any atom is 0.0641 e. The summed E-state index contributed by atoms with van der Waals surface area (Å²) in [5.74, 6) is 0. The fraction of sp³-hybridized carbons (Fsp3) is 0.438. The fourth-order valence-corrected chi connectivity index (χ4v) is 2.48. The summed E-state index contributed by atoms with van der Waals surface area (Å²) in [6.07, 6.45) is 3.49. The number of benzene rings is 1. The van der Waals surface area contributed by atoms with Gasteiger partial charge in [0.2, 0.25) is 0 Å². The molecule has 3 heteroatoms. The van der Waals surface area contributed by atoms with Crippen LogP contribution >= 0.6 is 0 Å². The number of aromatic nitrogens is 2. The second kappa shape index (κ2) is 6.53. The Labute approximate surface area is 115 Å². The van der Waals surface area contributed by atoms with Crippen LogP contribution in [0.5, 0.6) is 0 Å². The summed E-state index contributed by atoms with van der Waals surface area (Å²) in [7, 11) is 0. The number of aryl methyl sites for hydroxylation is 3. The van der Waals surface area contributed by atoms with E-state index in [9.17, 15) is 0 Å². The maximum absolute atomic E-state index is 5.74. The minimum Gasteiger partial charge on any atom is -0.326 e. The molecule has 3 nitrogen and oxygen atoms in total. The molecular weight excluding hydrogens is 234 g/mol. The fourth-order valence-electron chi connectivity index (χ4n) is 2.48. The molecule has 1 heterocycles. The van der Waals surface area contributed by atoms with Gasteiger partial charge in [0, 0.05) is 24.3 Å². The van der Waals surface area contributed by atoms with Crippen molar-refractivity contribution in [2.75, 3.05) is 0 Å². The summed E-state index contributed by atoms with van der Waals surface area (Å²) in [6.45, 7) is 5.72. The highest BCUT2D eigenvalue weighted by Crippen LogP contribution is 2.13. The minimum absolute atomic E-state index is 0.585. The third-order valence-corrected chi connectivity index (χ3v) is 3.66. The molecule has 1 aromatic carbocycles. The van der Waals surface area contributed by atoms with Crippen LogP contribution in [0.1, 0.15) is 35.4 Å². The van der Waals surface area contributed by atoms with Crippen LogP contribution in [0.3, 0.4) is 0 Å². The first-order chi connectivity index (χ1) is 9.22. The van der Waals surface area contributed by atoms with Crippen LogP contribution in [0.15, 0.2) is 30.3 Å². The van der Waals surface area contributed by atoms with E-state index >= 15 is 0 Å². The van der Waals surface area contributed by atoms with E-state index in [0.717, 1.165) is 25.1 Å². The number of rotatable bonds is 6. The lowest BCUT2D eigenvalue weighted by Gasteiger charge is -2.05. The first-order valence-corrected chi connectivity index (χ1v) is 6.99. The van der Waals surface area contributed by atoms with Gasteiger partial charge in [0.05, 0.1) is 5.69 Å². The van der Waals surface area contributed by atoms with Gasteiger partial charge < -0.3 is 5.73 Å². The zero-order valence-corrected chi connectivity index (χ0v) is 11.9. The van der Waals surface area contributed by atoms with Gasteiger partial charge in [0.15, 0.2) is 0 Å². The van der Waals surface area contributed by atoms with Gasteiger partial charge in [-0.2, -0.15) is 5.10 Å². The van der Waals surface area contributed by atoms with E-state index in [1.807, 2.05) is 6.92 Å². The van der Waals surface area contributed by atoms with Crippen molar-refractivity contribution in [2.24, 2.45) is 5.73 Å². The molecule has 102 valence electrons. The molecule has 0 unspecified atom stereocenters. The maximum atomic E-state index is 5.74. The Morgan fingerprint density at radius 3 is 2.47 bits per heavy atom. The Balaban J connectivity index is 1.83. The predicted octanol–water partition coefficient (Wildman–Crippen LogP) is 2.98. The second-order valence-corrected chi connectivity index (χ2v) is 5.02. The van der Waals surface area contributed by atoms with Crippen molar-refractivity contribution >= 4 is 0 Å². The molecule has 0 atom stereocenters. The molecule has 0 amide bonds. The summed E-state index contributed by atoms with van der Waals surface area (Å²) >= 11 is 0. The molecule has 0 aliphatic heterocycles. The first-order valence-electron chi connectivity index (χ1n) is 6.99. The predicted molar refractivity (Wildman–Crippen MR) is 79.0 cm³/mol. The normalized spacial score (nSPS) is 10.9. The molecule has 0 aliphatic rings. The van der Waals surface area contributed by atoms with Crippen molar-refractivity contribution in [1.29, 1.82) is 0 Å². The lowest BCUT2D eigenvalue weighted by Crippen LogP contribution is -2.04. The summed E-state index contributed by atoms with van der Waals surface area (Å²) in [4.78, 5) is 0. The monoisotopic (exact) mass is 257 g/mol. The summed E-state index contributed by atoms with van der Waals surface area (Å²) < 4.78 is 2.10. The first kappa shape index (κ1) is 13.8. The van der Waals surface area contributed by atoms with Crippen LogP contribution in [0, 0.1) is 13.8 Å². The third-order valence-electron chi connectivity index (χ3n) is 3.66. The molecule has 0 fully saturated rings. The molecule has 0 saturated heterocycles. The van der Waals surface area contributed by atoms with Crippen molar-refractivity contribution in [3.63, 3.8) is 0 Å². The lowest BCUT2D eigenvalue weighted by molar-refractivity contribution is 0.543. The number of hydrogen-bond acceptors (Lipinski definition) is 2. The Bertz CT molecular complexity index is 514. The van der Waals surface area contributed by atoms with E-state index in [-0.39, 0.29) is 0 Å². The van der Waals surface area contributed by atoms with Crippen LogP contribution in [0.2, 0.25) is 0 Å². The largest absolute Gasteiger partial charge is 0.326 e. The van der Waals surface area contributed by atoms with Crippen molar-refractivity contribution in [2.45, 2.75) is 46.2 Å². The van der Waals surface area contributed by atoms with Crippen LogP contribution in [0.4, 0.5) is 0 Å². The zero-order chi connectivity index (χ0) is 13.7. The van der Waals surface area contributed by atoms with Crippen LogP contribution < -0.4 is 5.73 Å². The van der Waals surface area contributed by atoms with Crippen LogP contribution in [0.25, 0.3) is 0 Å². The van der Waals surface area contributed by atoms with Crippen molar-refractivity contribution in [1.82, 2.24) is 9.78 Å². The van der Waals surface area contributed by atoms with E-state index in [2.05, 4.69) is 47.0 Å². The van der Waals surface area contributed by atoms with E-state index in [1.165, 1.54) is 23.2 Å². The molecule has 2 rings (SSSR count). The Kier molecular flexibility index (Phi) is 4.74. The zero-order valence-electron chi connectivity index (χ0n) is 11.9. The quantitative estimate of drug-likeness (QED) is 0.808. The summed E-state index contributed by atoms with van der Waals surface area (Å²) in [5.41, 5.74) is 10.6. The van der Waals surface area contributed by atoms with E-state index < -0.39 is 0 Å². The number of hydrogen-bond donors (Lipinski definition) is 1. The molecule has 0 saturated carbocycles. The van der Waals surface area contributed by atoms with Gasteiger partial charge in [-0.25, -0.2) is 0 Å².